The lowest BCUT2D eigenvalue weighted by atomic mass is 9.68. The molecule has 8 atom stereocenters. The van der Waals surface area contributed by atoms with E-state index < -0.39 is 14.3 Å². The number of carbonyl (C=O) groups is 2. The topological polar surface area (TPSA) is 72.8 Å². The van der Waals surface area contributed by atoms with E-state index in [1.54, 1.807) is 0 Å². The van der Waals surface area contributed by atoms with Gasteiger partial charge < -0.3 is 14.3 Å². The molecule has 0 aromatic carbocycles. The molecule has 2 aliphatic heterocycles. The summed E-state index contributed by atoms with van der Waals surface area (Å²) in [5.41, 5.74) is 0.230. The van der Waals surface area contributed by atoms with E-state index in [2.05, 4.69) is 39.8 Å². The minimum Gasteiger partial charge on any atom is -0.458 e. The number of ether oxygens (including phenoxy) is 1. The van der Waals surface area contributed by atoms with Gasteiger partial charge in [0.2, 0.25) is 0 Å². The fraction of sp³-hybridized carbons (Fsp3) is 0.760. The predicted molar refractivity (Wildman–Crippen MR) is 122 cm³/mol. The van der Waals surface area contributed by atoms with Crippen LogP contribution in [0.15, 0.2) is 23.8 Å². The maximum atomic E-state index is 12.9. The Labute approximate surface area is 187 Å². The zero-order chi connectivity index (χ0) is 22.3. The summed E-state index contributed by atoms with van der Waals surface area (Å²) < 4.78 is 12.6. The minimum absolute atomic E-state index is 0.0115. The summed E-state index contributed by atoms with van der Waals surface area (Å²) in [4.78, 5) is 25.6. The van der Waals surface area contributed by atoms with Gasteiger partial charge in [-0.05, 0) is 54.6 Å². The van der Waals surface area contributed by atoms with Gasteiger partial charge >= 0.3 is 5.97 Å². The number of carbonyl (C=O) groups excluding carboxylic acids is 2. The Kier molecular flexibility index (Phi) is 6.62. The number of fused-ring (bicyclic) bond motifs is 5. The first kappa shape index (κ1) is 22.9. The van der Waals surface area contributed by atoms with Gasteiger partial charge in [-0.3, -0.25) is 4.79 Å². The Morgan fingerprint density at radius 2 is 1.77 bits per heavy atom. The van der Waals surface area contributed by atoms with Crippen molar-refractivity contribution in [1.82, 2.24) is 0 Å². The molecule has 2 fully saturated rings. The van der Waals surface area contributed by atoms with Crippen LogP contribution in [0.2, 0.25) is 18.1 Å². The van der Waals surface area contributed by atoms with Crippen LogP contribution in [-0.2, 0) is 18.8 Å². The van der Waals surface area contributed by atoms with Gasteiger partial charge in [0.1, 0.15) is 6.10 Å². The van der Waals surface area contributed by atoms with Crippen LogP contribution in [0.4, 0.5) is 0 Å². The first-order chi connectivity index (χ1) is 14.8. The second-order valence-electron chi connectivity index (χ2n) is 10.3. The monoisotopic (exact) mass is 446 g/mol. The van der Waals surface area contributed by atoms with Crippen LogP contribution in [0.3, 0.4) is 0 Å². The number of hydrogen-bond acceptors (Lipinski definition) is 5. The SMILES string of the molecule is CC[Si](CC)(CC)O[C@H]1C[C@@H]2CC(=O)/C(=C/[C@@H]3[C@H]4C[C@@H](C)[C@H](O)[C@H]4C=C[C@@H]3C1)C(=O)O2. The molecule has 0 spiro atoms. The zero-order valence-electron chi connectivity index (χ0n) is 19.4. The third-order valence-electron chi connectivity index (χ3n) is 8.66. The van der Waals surface area contributed by atoms with E-state index in [4.69, 9.17) is 9.16 Å². The molecular formula is C25H38O5Si. The second kappa shape index (κ2) is 8.95. The van der Waals surface area contributed by atoms with E-state index in [1.165, 1.54) is 0 Å². The Morgan fingerprint density at radius 1 is 1.06 bits per heavy atom. The van der Waals surface area contributed by atoms with Gasteiger partial charge in [-0.2, -0.15) is 0 Å². The third kappa shape index (κ3) is 4.23. The molecular weight excluding hydrogens is 408 g/mol. The molecule has 1 N–H and O–H groups in total. The van der Waals surface area contributed by atoms with Gasteiger partial charge in [-0.1, -0.05) is 45.9 Å². The molecule has 6 heteroatoms. The van der Waals surface area contributed by atoms with Gasteiger partial charge in [0, 0.05) is 24.9 Å². The number of ketones is 1. The van der Waals surface area contributed by atoms with Gasteiger partial charge in [0.25, 0.3) is 0 Å². The zero-order valence-corrected chi connectivity index (χ0v) is 20.4. The van der Waals surface area contributed by atoms with E-state index in [0.717, 1.165) is 31.0 Å². The van der Waals surface area contributed by atoms with Crippen molar-refractivity contribution in [3.63, 3.8) is 0 Å². The summed E-state index contributed by atoms with van der Waals surface area (Å²) in [6.45, 7) is 8.79. The van der Waals surface area contributed by atoms with E-state index in [9.17, 15) is 14.7 Å². The average Bonchev–Trinajstić information content (AvgIpc) is 3.04. The largest absolute Gasteiger partial charge is 0.458 e. The Hall–Kier alpha value is -1.24. The van der Waals surface area contributed by atoms with Crippen LogP contribution in [-0.4, -0.2) is 43.5 Å². The van der Waals surface area contributed by atoms with Crippen molar-refractivity contribution in [1.29, 1.82) is 0 Å². The highest BCUT2D eigenvalue weighted by atomic mass is 28.4. The van der Waals surface area contributed by atoms with Gasteiger partial charge in [-0.25, -0.2) is 4.79 Å². The number of esters is 1. The summed E-state index contributed by atoms with van der Waals surface area (Å²) in [5.74, 6) is 0.269. The first-order valence-electron chi connectivity index (χ1n) is 12.3. The van der Waals surface area contributed by atoms with Crippen LogP contribution in [0.25, 0.3) is 0 Å². The number of rotatable bonds is 5. The molecule has 2 bridgehead atoms. The van der Waals surface area contributed by atoms with Crippen molar-refractivity contribution in [3.05, 3.63) is 23.8 Å². The fourth-order valence-corrected chi connectivity index (χ4v) is 9.44. The van der Waals surface area contributed by atoms with Gasteiger partial charge in [-0.15, -0.1) is 0 Å². The molecule has 3 aliphatic carbocycles. The molecule has 1 saturated heterocycles. The third-order valence-corrected chi connectivity index (χ3v) is 13.4. The molecule has 5 aliphatic rings. The molecule has 5 nitrogen and oxygen atoms in total. The first-order valence-corrected chi connectivity index (χ1v) is 14.8. The molecule has 1 saturated carbocycles. The molecule has 2 heterocycles. The molecule has 0 unspecified atom stereocenters. The molecule has 0 aromatic heterocycles. The highest BCUT2D eigenvalue weighted by Gasteiger charge is 2.48. The van der Waals surface area contributed by atoms with Crippen LogP contribution < -0.4 is 0 Å². The number of aliphatic hydroxyl groups is 1. The molecule has 172 valence electrons. The summed E-state index contributed by atoms with van der Waals surface area (Å²) in [6.07, 6.45) is 8.24. The summed E-state index contributed by atoms with van der Waals surface area (Å²) in [7, 11) is -1.85. The van der Waals surface area contributed by atoms with Gasteiger partial charge in [0.05, 0.1) is 11.7 Å². The quantitative estimate of drug-likeness (QED) is 0.293. The predicted octanol–water partition coefficient (Wildman–Crippen LogP) is 4.42. The lowest BCUT2D eigenvalue weighted by Crippen LogP contribution is -2.45. The summed E-state index contributed by atoms with van der Waals surface area (Å²) >= 11 is 0. The Bertz CT molecular complexity index is 742. The maximum Gasteiger partial charge on any atom is 0.341 e. The highest BCUT2D eigenvalue weighted by Crippen LogP contribution is 2.50. The fourth-order valence-electron chi connectivity index (χ4n) is 6.54. The Balaban J connectivity index is 1.71. The summed E-state index contributed by atoms with van der Waals surface area (Å²) in [5, 5.41) is 10.7. The van der Waals surface area contributed by atoms with Crippen molar-refractivity contribution >= 4 is 20.1 Å². The van der Waals surface area contributed by atoms with Crippen molar-refractivity contribution < 1.29 is 23.9 Å². The normalized spacial score (nSPS) is 41.9. The molecule has 5 rings (SSSR count). The van der Waals surface area contributed by atoms with Crippen LogP contribution >= 0.6 is 0 Å². The van der Waals surface area contributed by atoms with E-state index >= 15 is 0 Å². The second-order valence-corrected chi connectivity index (χ2v) is 15.0. The standard InChI is InChI=1S/C25H38O5Si/c1-5-31(6-2,7-3)30-18-11-16-8-9-19-21(10-15(4)24(19)27)20(16)14-22-23(26)13-17(12-18)29-25(22)28/h8-9,14-21,24,27H,5-7,10-13H2,1-4H3/b22-14-/t15-,16-,17-,18-,19+,20+,21+,24+/m1/s1. The lowest BCUT2D eigenvalue weighted by molar-refractivity contribution is -0.152. The molecule has 31 heavy (non-hydrogen) atoms. The number of hydrogen-bond donors (Lipinski definition) is 1. The molecule has 0 amide bonds. The van der Waals surface area contributed by atoms with Crippen LogP contribution in [0.1, 0.15) is 53.4 Å². The van der Waals surface area contributed by atoms with Crippen LogP contribution in [0, 0.1) is 29.6 Å². The van der Waals surface area contributed by atoms with E-state index in [-0.39, 0.29) is 65.7 Å². The number of Topliss-reactive ketones (excluding diaryl/α,β-unsaturated/α-hetero) is 1. The smallest absolute Gasteiger partial charge is 0.341 e. The number of aliphatic hydroxyl groups excluding tert-OH is 1. The van der Waals surface area contributed by atoms with Crippen molar-refractivity contribution in [2.24, 2.45) is 29.6 Å². The minimum atomic E-state index is -1.85. The van der Waals surface area contributed by atoms with E-state index in [0.29, 0.717) is 6.42 Å². The molecule has 0 aromatic rings. The van der Waals surface area contributed by atoms with E-state index in [1.807, 2.05) is 6.08 Å². The molecule has 0 radical (unpaired) electrons. The summed E-state index contributed by atoms with van der Waals surface area (Å²) in [6, 6.07) is 3.22. The van der Waals surface area contributed by atoms with Crippen molar-refractivity contribution in [2.75, 3.05) is 0 Å². The van der Waals surface area contributed by atoms with Crippen molar-refractivity contribution in [3.8, 4) is 0 Å². The lowest BCUT2D eigenvalue weighted by Gasteiger charge is -2.41. The van der Waals surface area contributed by atoms with Crippen molar-refractivity contribution in [2.45, 2.75) is 89.8 Å². The average molecular weight is 447 g/mol. The Morgan fingerprint density at radius 3 is 2.42 bits per heavy atom. The maximum absolute atomic E-state index is 12.9. The number of allylic oxidation sites excluding steroid dienone is 2. The van der Waals surface area contributed by atoms with Crippen LogP contribution in [0.5, 0.6) is 0 Å². The van der Waals surface area contributed by atoms with Gasteiger partial charge in [0.15, 0.2) is 14.1 Å². The highest BCUT2D eigenvalue weighted by molar-refractivity contribution is 6.73.